The first-order chi connectivity index (χ1) is 11.9. The molecule has 0 spiro atoms. The van der Waals surface area contributed by atoms with E-state index >= 15 is 0 Å². The van der Waals surface area contributed by atoms with Gasteiger partial charge in [0.15, 0.2) is 0 Å². The standard InChI is InChI=1S/C21H23NO3/c1-15-12-16(2)14-17(13-15)19(23)22-10-8-21(9-11-22,20(24)25)18-6-4-3-5-7-18/h3-7,12-14H,8-11H2,1-2H3,(H,24,25). The zero-order chi connectivity index (χ0) is 18.0. The van der Waals surface area contributed by atoms with E-state index in [2.05, 4.69) is 0 Å². The van der Waals surface area contributed by atoms with Gasteiger partial charge in [0.1, 0.15) is 0 Å². The molecule has 1 aliphatic heterocycles. The number of amides is 1. The van der Waals surface area contributed by atoms with Crippen molar-refractivity contribution in [2.45, 2.75) is 32.1 Å². The highest BCUT2D eigenvalue weighted by Crippen LogP contribution is 2.36. The van der Waals surface area contributed by atoms with Crippen LogP contribution >= 0.6 is 0 Å². The molecule has 1 aliphatic rings. The molecular formula is C21H23NO3. The van der Waals surface area contributed by atoms with Crippen LogP contribution in [0.1, 0.15) is 39.9 Å². The first-order valence-electron chi connectivity index (χ1n) is 8.59. The Balaban J connectivity index is 1.80. The molecule has 4 heteroatoms. The second-order valence-corrected chi connectivity index (χ2v) is 6.92. The molecule has 0 aromatic heterocycles. The summed E-state index contributed by atoms with van der Waals surface area (Å²) in [4.78, 5) is 26.6. The second-order valence-electron chi connectivity index (χ2n) is 6.92. The van der Waals surface area contributed by atoms with Crippen LogP contribution in [0.4, 0.5) is 0 Å². The average molecular weight is 337 g/mol. The molecular weight excluding hydrogens is 314 g/mol. The lowest BCUT2D eigenvalue weighted by Gasteiger charge is -2.39. The molecule has 0 radical (unpaired) electrons. The summed E-state index contributed by atoms with van der Waals surface area (Å²) >= 11 is 0. The van der Waals surface area contributed by atoms with Crippen molar-refractivity contribution in [3.63, 3.8) is 0 Å². The van der Waals surface area contributed by atoms with Crippen molar-refractivity contribution in [1.29, 1.82) is 0 Å². The third kappa shape index (κ3) is 3.29. The first kappa shape index (κ1) is 17.2. The van der Waals surface area contributed by atoms with Crippen molar-refractivity contribution >= 4 is 11.9 Å². The molecule has 1 heterocycles. The molecule has 1 amide bonds. The maximum Gasteiger partial charge on any atom is 0.314 e. The van der Waals surface area contributed by atoms with Gasteiger partial charge in [-0.05, 0) is 44.4 Å². The molecule has 1 saturated heterocycles. The smallest absolute Gasteiger partial charge is 0.314 e. The van der Waals surface area contributed by atoms with Crippen LogP contribution in [0.25, 0.3) is 0 Å². The number of rotatable bonds is 3. The number of carbonyl (C=O) groups excluding carboxylic acids is 1. The van der Waals surface area contributed by atoms with Gasteiger partial charge in [0, 0.05) is 18.7 Å². The normalized spacial score (nSPS) is 16.5. The predicted octanol–water partition coefficient (Wildman–Crippen LogP) is 3.56. The molecule has 4 nitrogen and oxygen atoms in total. The SMILES string of the molecule is Cc1cc(C)cc(C(=O)N2CCC(C(=O)O)(c3ccccc3)CC2)c1. The summed E-state index contributed by atoms with van der Waals surface area (Å²) in [6.45, 7) is 4.86. The maximum absolute atomic E-state index is 12.8. The lowest BCUT2D eigenvalue weighted by molar-refractivity contribution is -0.145. The average Bonchev–Trinajstić information content (AvgIpc) is 2.61. The Morgan fingerprint density at radius 3 is 2.04 bits per heavy atom. The third-order valence-electron chi connectivity index (χ3n) is 5.11. The fourth-order valence-electron chi connectivity index (χ4n) is 3.76. The van der Waals surface area contributed by atoms with Crippen molar-refractivity contribution in [2.75, 3.05) is 13.1 Å². The highest BCUT2D eigenvalue weighted by Gasteiger charge is 2.43. The summed E-state index contributed by atoms with van der Waals surface area (Å²) in [6.07, 6.45) is 0.867. The first-order valence-corrected chi connectivity index (χ1v) is 8.59. The Morgan fingerprint density at radius 1 is 0.960 bits per heavy atom. The van der Waals surface area contributed by atoms with Gasteiger partial charge in [-0.15, -0.1) is 0 Å². The highest BCUT2D eigenvalue weighted by atomic mass is 16.4. The number of likely N-dealkylation sites (tertiary alicyclic amines) is 1. The summed E-state index contributed by atoms with van der Waals surface area (Å²) in [5.74, 6) is -0.823. The van der Waals surface area contributed by atoms with Crippen LogP contribution in [-0.2, 0) is 10.2 Å². The van der Waals surface area contributed by atoms with Gasteiger partial charge >= 0.3 is 5.97 Å². The van der Waals surface area contributed by atoms with Crippen LogP contribution < -0.4 is 0 Å². The van der Waals surface area contributed by atoms with Gasteiger partial charge < -0.3 is 10.0 Å². The van der Waals surface area contributed by atoms with Crippen LogP contribution in [0.5, 0.6) is 0 Å². The van der Waals surface area contributed by atoms with E-state index in [-0.39, 0.29) is 5.91 Å². The van der Waals surface area contributed by atoms with Crippen LogP contribution in [0, 0.1) is 13.8 Å². The summed E-state index contributed by atoms with van der Waals surface area (Å²) in [5.41, 5.74) is 2.72. The highest BCUT2D eigenvalue weighted by molar-refractivity contribution is 5.95. The molecule has 0 unspecified atom stereocenters. The largest absolute Gasteiger partial charge is 0.481 e. The lowest BCUT2D eigenvalue weighted by atomic mass is 9.72. The number of hydrogen-bond acceptors (Lipinski definition) is 2. The Morgan fingerprint density at radius 2 is 1.52 bits per heavy atom. The quantitative estimate of drug-likeness (QED) is 0.931. The topological polar surface area (TPSA) is 57.6 Å². The minimum atomic E-state index is -0.902. The van der Waals surface area contributed by atoms with Gasteiger partial charge in [0.2, 0.25) is 0 Å². The summed E-state index contributed by atoms with van der Waals surface area (Å²) in [6, 6.07) is 15.2. The number of hydrogen-bond donors (Lipinski definition) is 1. The minimum absolute atomic E-state index is 0.0150. The van der Waals surface area contributed by atoms with Gasteiger partial charge in [0.25, 0.3) is 5.91 Å². The Bertz CT molecular complexity index is 770. The number of benzene rings is 2. The zero-order valence-corrected chi connectivity index (χ0v) is 14.7. The number of piperidine rings is 1. The van der Waals surface area contributed by atoms with Crippen LogP contribution in [0.2, 0.25) is 0 Å². The van der Waals surface area contributed by atoms with Crippen molar-refractivity contribution in [2.24, 2.45) is 0 Å². The molecule has 0 saturated carbocycles. The fraction of sp³-hybridized carbons (Fsp3) is 0.333. The van der Waals surface area contributed by atoms with E-state index in [1.54, 1.807) is 4.90 Å². The Labute approximate surface area is 148 Å². The molecule has 0 atom stereocenters. The van der Waals surface area contributed by atoms with E-state index in [0.717, 1.165) is 16.7 Å². The number of nitrogens with zero attached hydrogens (tertiary/aromatic N) is 1. The van der Waals surface area contributed by atoms with Gasteiger partial charge in [-0.2, -0.15) is 0 Å². The summed E-state index contributed by atoms with van der Waals surface area (Å²) < 4.78 is 0. The molecule has 1 fully saturated rings. The summed E-state index contributed by atoms with van der Waals surface area (Å²) in [7, 11) is 0. The van der Waals surface area contributed by atoms with Crippen molar-refractivity contribution in [3.8, 4) is 0 Å². The van der Waals surface area contributed by atoms with Gasteiger partial charge in [0.05, 0.1) is 5.41 Å². The van der Waals surface area contributed by atoms with Crippen LogP contribution in [0.3, 0.4) is 0 Å². The molecule has 3 rings (SSSR count). The van der Waals surface area contributed by atoms with E-state index in [1.165, 1.54) is 0 Å². The number of carboxylic acids is 1. The van der Waals surface area contributed by atoms with E-state index in [1.807, 2.05) is 62.4 Å². The lowest BCUT2D eigenvalue weighted by Crippen LogP contribution is -2.49. The Kier molecular flexibility index (Phi) is 4.62. The van der Waals surface area contributed by atoms with Crippen molar-refractivity contribution in [3.05, 3.63) is 70.8 Å². The van der Waals surface area contributed by atoms with Gasteiger partial charge in [-0.25, -0.2) is 0 Å². The Hall–Kier alpha value is -2.62. The molecule has 25 heavy (non-hydrogen) atoms. The maximum atomic E-state index is 12.8. The number of carboxylic acid groups (broad SMARTS) is 1. The fourth-order valence-corrected chi connectivity index (χ4v) is 3.76. The third-order valence-corrected chi connectivity index (χ3v) is 5.11. The van der Waals surface area contributed by atoms with E-state index < -0.39 is 11.4 Å². The monoisotopic (exact) mass is 337 g/mol. The number of carbonyl (C=O) groups is 2. The van der Waals surface area contributed by atoms with E-state index in [4.69, 9.17) is 0 Å². The molecule has 1 N–H and O–H groups in total. The van der Waals surface area contributed by atoms with Crippen molar-refractivity contribution in [1.82, 2.24) is 4.90 Å². The molecule has 0 aliphatic carbocycles. The number of aliphatic carboxylic acids is 1. The molecule has 2 aromatic carbocycles. The predicted molar refractivity (Wildman–Crippen MR) is 96.8 cm³/mol. The second kappa shape index (κ2) is 6.71. The van der Waals surface area contributed by atoms with Crippen molar-refractivity contribution < 1.29 is 14.7 Å². The minimum Gasteiger partial charge on any atom is -0.481 e. The van der Waals surface area contributed by atoms with Gasteiger partial charge in [-0.3, -0.25) is 9.59 Å². The summed E-state index contributed by atoms with van der Waals surface area (Å²) in [5, 5.41) is 9.85. The number of aryl methyl sites for hydroxylation is 2. The molecule has 130 valence electrons. The van der Waals surface area contributed by atoms with E-state index in [0.29, 0.717) is 31.5 Å². The zero-order valence-electron chi connectivity index (χ0n) is 14.7. The van der Waals surface area contributed by atoms with Gasteiger partial charge in [-0.1, -0.05) is 47.5 Å². The van der Waals surface area contributed by atoms with Crippen LogP contribution in [-0.4, -0.2) is 35.0 Å². The molecule has 2 aromatic rings. The van der Waals surface area contributed by atoms with Crippen LogP contribution in [0.15, 0.2) is 48.5 Å². The molecule has 0 bridgehead atoms. The van der Waals surface area contributed by atoms with E-state index in [9.17, 15) is 14.7 Å².